The summed E-state index contributed by atoms with van der Waals surface area (Å²) >= 11 is 0. The first kappa shape index (κ1) is 25.6. The SMILES string of the molecule is CC.CN(C)C(=O)c1cc2cc(Nc3nccc(-c4cc(OCC5CNC(=O)C5)ccn4)n3)ccc2[nH]1. The molecule has 0 radical (unpaired) electrons. The van der Waals surface area contributed by atoms with Crippen molar-refractivity contribution in [1.82, 2.24) is 30.2 Å². The lowest BCUT2D eigenvalue weighted by Crippen LogP contribution is -2.21. The summed E-state index contributed by atoms with van der Waals surface area (Å²) in [4.78, 5) is 41.6. The van der Waals surface area contributed by atoms with E-state index in [1.54, 1.807) is 38.6 Å². The summed E-state index contributed by atoms with van der Waals surface area (Å²) in [7, 11) is 3.44. The number of ether oxygens (including phenoxy) is 1. The lowest BCUT2D eigenvalue weighted by atomic mass is 10.1. The van der Waals surface area contributed by atoms with Gasteiger partial charge in [-0.15, -0.1) is 0 Å². The fourth-order valence-electron chi connectivity index (χ4n) is 3.89. The van der Waals surface area contributed by atoms with Crippen molar-refractivity contribution in [1.29, 1.82) is 0 Å². The number of carbonyl (C=O) groups excluding carboxylic acids is 2. The molecule has 0 aliphatic carbocycles. The molecular weight excluding hydrogens is 470 g/mol. The summed E-state index contributed by atoms with van der Waals surface area (Å²) in [6, 6.07) is 13.0. The zero-order valence-electron chi connectivity index (χ0n) is 21.4. The number of fused-ring (bicyclic) bond motifs is 1. The molecule has 10 nitrogen and oxygen atoms in total. The first-order valence-electron chi connectivity index (χ1n) is 12.2. The Bertz CT molecular complexity index is 1400. The number of nitrogens with zero attached hydrogens (tertiary/aromatic N) is 4. The number of nitrogens with one attached hydrogen (secondary N) is 3. The smallest absolute Gasteiger partial charge is 0.269 e. The summed E-state index contributed by atoms with van der Waals surface area (Å²) < 4.78 is 5.88. The highest BCUT2D eigenvalue weighted by Gasteiger charge is 2.22. The normalized spacial score (nSPS) is 14.5. The molecule has 2 amide bonds. The van der Waals surface area contributed by atoms with Gasteiger partial charge in [0.1, 0.15) is 11.4 Å². The summed E-state index contributed by atoms with van der Waals surface area (Å²) in [6.07, 6.45) is 3.82. The van der Waals surface area contributed by atoms with Crippen LogP contribution in [0.5, 0.6) is 5.75 Å². The van der Waals surface area contributed by atoms with Gasteiger partial charge in [-0.1, -0.05) is 13.8 Å². The average Bonchev–Trinajstić information content (AvgIpc) is 3.54. The molecule has 192 valence electrons. The molecule has 1 fully saturated rings. The number of benzene rings is 1. The lowest BCUT2D eigenvalue weighted by molar-refractivity contribution is -0.119. The Balaban J connectivity index is 0.00000156. The number of amides is 2. The van der Waals surface area contributed by atoms with Crippen LogP contribution in [-0.2, 0) is 4.79 Å². The van der Waals surface area contributed by atoms with Crippen molar-refractivity contribution in [2.45, 2.75) is 20.3 Å². The Morgan fingerprint density at radius 2 is 1.89 bits per heavy atom. The van der Waals surface area contributed by atoms with Crippen molar-refractivity contribution >= 4 is 34.4 Å². The Hall–Kier alpha value is -4.47. The predicted molar refractivity (Wildman–Crippen MR) is 143 cm³/mol. The van der Waals surface area contributed by atoms with Crippen LogP contribution < -0.4 is 15.4 Å². The van der Waals surface area contributed by atoms with Gasteiger partial charge in [-0.05, 0) is 36.4 Å². The summed E-state index contributed by atoms with van der Waals surface area (Å²) in [5.41, 5.74) is 3.49. The first-order valence-corrected chi connectivity index (χ1v) is 12.2. The summed E-state index contributed by atoms with van der Waals surface area (Å²) in [5.74, 6) is 1.24. The van der Waals surface area contributed by atoms with Gasteiger partial charge in [0.25, 0.3) is 5.91 Å². The van der Waals surface area contributed by atoms with E-state index in [2.05, 4.69) is 30.6 Å². The average molecular weight is 502 g/mol. The minimum Gasteiger partial charge on any atom is -0.493 e. The van der Waals surface area contributed by atoms with E-state index in [0.717, 1.165) is 16.6 Å². The number of pyridine rings is 1. The van der Waals surface area contributed by atoms with E-state index < -0.39 is 0 Å². The molecule has 1 aliphatic rings. The van der Waals surface area contributed by atoms with E-state index >= 15 is 0 Å². The molecule has 4 heterocycles. The molecule has 1 atom stereocenters. The molecule has 1 saturated heterocycles. The van der Waals surface area contributed by atoms with Gasteiger partial charge in [0.2, 0.25) is 11.9 Å². The van der Waals surface area contributed by atoms with Crippen LogP contribution in [0.3, 0.4) is 0 Å². The number of hydrogen-bond donors (Lipinski definition) is 3. The van der Waals surface area contributed by atoms with Crippen LogP contribution >= 0.6 is 0 Å². The van der Waals surface area contributed by atoms with Crippen molar-refractivity contribution in [3.8, 4) is 17.1 Å². The van der Waals surface area contributed by atoms with Gasteiger partial charge in [0.05, 0.1) is 18.0 Å². The van der Waals surface area contributed by atoms with Gasteiger partial charge in [-0.2, -0.15) is 0 Å². The minimum atomic E-state index is -0.0844. The summed E-state index contributed by atoms with van der Waals surface area (Å²) in [6.45, 7) is 5.10. The van der Waals surface area contributed by atoms with E-state index in [0.29, 0.717) is 48.4 Å². The molecule has 0 spiro atoms. The molecule has 0 bridgehead atoms. The molecule has 5 rings (SSSR count). The molecule has 3 aromatic heterocycles. The Morgan fingerprint density at radius 3 is 2.65 bits per heavy atom. The van der Waals surface area contributed by atoms with Crippen LogP contribution in [0.4, 0.5) is 11.6 Å². The van der Waals surface area contributed by atoms with Crippen LogP contribution in [0, 0.1) is 5.92 Å². The number of H-pyrrole nitrogens is 1. The predicted octanol–water partition coefficient (Wildman–Crippen LogP) is 4.01. The third-order valence-electron chi connectivity index (χ3n) is 5.71. The highest BCUT2D eigenvalue weighted by molar-refractivity contribution is 5.98. The largest absolute Gasteiger partial charge is 0.493 e. The second-order valence-corrected chi connectivity index (χ2v) is 8.64. The van der Waals surface area contributed by atoms with E-state index in [1.807, 2.05) is 44.2 Å². The zero-order valence-corrected chi connectivity index (χ0v) is 21.4. The highest BCUT2D eigenvalue weighted by Crippen LogP contribution is 2.25. The molecule has 10 heteroatoms. The molecular formula is C27H31N7O3. The van der Waals surface area contributed by atoms with Gasteiger partial charge in [0.15, 0.2) is 0 Å². The monoisotopic (exact) mass is 501 g/mol. The van der Waals surface area contributed by atoms with Crippen LogP contribution in [0.1, 0.15) is 30.8 Å². The Morgan fingerprint density at radius 1 is 1.08 bits per heavy atom. The first-order chi connectivity index (χ1) is 17.9. The van der Waals surface area contributed by atoms with Crippen LogP contribution in [0.25, 0.3) is 22.3 Å². The van der Waals surface area contributed by atoms with E-state index in [1.165, 1.54) is 4.90 Å². The zero-order chi connectivity index (χ0) is 26.4. The second-order valence-electron chi connectivity index (χ2n) is 8.64. The van der Waals surface area contributed by atoms with Crippen LogP contribution in [0.15, 0.2) is 54.9 Å². The third-order valence-corrected chi connectivity index (χ3v) is 5.71. The molecule has 1 aliphatic heterocycles. The van der Waals surface area contributed by atoms with Gasteiger partial charge in [0, 0.05) is 68.0 Å². The topological polar surface area (TPSA) is 125 Å². The minimum absolute atomic E-state index is 0.0631. The maximum absolute atomic E-state index is 12.2. The van der Waals surface area contributed by atoms with Crippen LogP contribution in [0.2, 0.25) is 0 Å². The van der Waals surface area contributed by atoms with Gasteiger partial charge < -0.3 is 25.3 Å². The second kappa shape index (κ2) is 11.5. The Labute approximate surface area is 215 Å². The maximum Gasteiger partial charge on any atom is 0.269 e. The molecule has 4 aromatic rings. The van der Waals surface area contributed by atoms with Gasteiger partial charge >= 0.3 is 0 Å². The number of anilines is 2. The highest BCUT2D eigenvalue weighted by atomic mass is 16.5. The Kier molecular flexibility index (Phi) is 7.97. The number of hydrogen-bond acceptors (Lipinski definition) is 7. The number of carbonyl (C=O) groups is 2. The van der Waals surface area contributed by atoms with E-state index in [4.69, 9.17) is 4.74 Å². The lowest BCUT2D eigenvalue weighted by Gasteiger charge is -2.11. The molecule has 37 heavy (non-hydrogen) atoms. The fraction of sp³-hybridized carbons (Fsp3) is 0.296. The number of aromatic nitrogens is 4. The molecule has 0 saturated carbocycles. The molecule has 1 unspecified atom stereocenters. The number of aromatic amines is 1. The maximum atomic E-state index is 12.2. The van der Waals surface area contributed by atoms with Crippen molar-refractivity contribution in [3.05, 3.63) is 60.6 Å². The summed E-state index contributed by atoms with van der Waals surface area (Å²) in [5, 5.41) is 6.94. The van der Waals surface area contributed by atoms with Crippen LogP contribution in [-0.4, -0.2) is 63.9 Å². The fourth-order valence-corrected chi connectivity index (χ4v) is 3.89. The van der Waals surface area contributed by atoms with E-state index in [-0.39, 0.29) is 17.7 Å². The standard InChI is InChI=1S/C25H25N7O3.C2H6/c1-32(2)24(34)22-11-16-10-17(3-4-19(16)30-22)29-25-27-8-6-20(31-25)21-12-18(5-7-26-21)35-14-15-9-23(33)28-13-15;1-2/h3-8,10-12,15,30H,9,13-14H2,1-2H3,(H,28,33)(H,27,29,31);1-2H3. The molecule has 3 N–H and O–H groups in total. The van der Waals surface area contributed by atoms with Crippen molar-refractivity contribution in [2.75, 3.05) is 32.6 Å². The quantitative estimate of drug-likeness (QED) is 0.349. The van der Waals surface area contributed by atoms with Crippen molar-refractivity contribution in [3.63, 3.8) is 0 Å². The van der Waals surface area contributed by atoms with Gasteiger partial charge in [-0.3, -0.25) is 14.6 Å². The van der Waals surface area contributed by atoms with Crippen molar-refractivity contribution < 1.29 is 14.3 Å². The van der Waals surface area contributed by atoms with Crippen molar-refractivity contribution in [2.24, 2.45) is 5.92 Å². The third kappa shape index (κ3) is 6.21. The number of rotatable bonds is 7. The molecule has 1 aromatic carbocycles. The van der Waals surface area contributed by atoms with Gasteiger partial charge in [-0.25, -0.2) is 9.97 Å². The van der Waals surface area contributed by atoms with E-state index in [9.17, 15) is 9.59 Å².